The fourth-order valence-corrected chi connectivity index (χ4v) is 6.75. The number of ketones is 2. The van der Waals surface area contributed by atoms with Gasteiger partial charge in [-0.15, -0.1) is 0 Å². The zero-order valence-electron chi connectivity index (χ0n) is 15.5. The van der Waals surface area contributed by atoms with Gasteiger partial charge in [0, 0.05) is 10.8 Å². The van der Waals surface area contributed by atoms with Gasteiger partial charge in [0.25, 0.3) is 0 Å². The number of aliphatic hydroxyl groups excluding tert-OH is 1. The van der Waals surface area contributed by atoms with Crippen molar-refractivity contribution < 1.29 is 24.9 Å². The lowest BCUT2D eigenvalue weighted by molar-refractivity contribution is -0.200. The Kier molecular flexibility index (Phi) is 3.73. The normalized spacial score (nSPS) is 49.9. The van der Waals surface area contributed by atoms with E-state index in [0.717, 1.165) is 18.4 Å². The number of aliphatic hydroxyl groups is 3. The molecule has 0 unspecified atom stereocenters. The van der Waals surface area contributed by atoms with E-state index in [4.69, 9.17) is 0 Å². The third-order valence-electron chi connectivity index (χ3n) is 8.50. The average molecular weight is 360 g/mol. The van der Waals surface area contributed by atoms with Gasteiger partial charge in [-0.2, -0.15) is 0 Å². The molecule has 5 heteroatoms. The molecule has 4 rings (SSSR count). The fourth-order valence-electron chi connectivity index (χ4n) is 6.75. The molecule has 6 atom stereocenters. The monoisotopic (exact) mass is 360 g/mol. The molecule has 0 aromatic carbocycles. The SMILES string of the molecule is C[C@]12C=CC(=O)C=C1CC[C@H]1[C@@H]3CC[C@](O)(C(=O)CO)[C@@]3(C)CC[C@@]12O. The van der Waals surface area contributed by atoms with Crippen molar-refractivity contribution in [1.29, 1.82) is 0 Å². The fraction of sp³-hybridized carbons (Fsp3) is 0.714. The Morgan fingerprint density at radius 1 is 1.15 bits per heavy atom. The van der Waals surface area contributed by atoms with Crippen LogP contribution in [0.3, 0.4) is 0 Å². The summed E-state index contributed by atoms with van der Waals surface area (Å²) in [4.78, 5) is 24.2. The minimum atomic E-state index is -1.51. The van der Waals surface area contributed by atoms with Crippen molar-refractivity contribution in [3.05, 3.63) is 23.8 Å². The van der Waals surface area contributed by atoms with E-state index in [0.29, 0.717) is 25.7 Å². The predicted molar refractivity (Wildman–Crippen MR) is 95.1 cm³/mol. The summed E-state index contributed by atoms with van der Waals surface area (Å²) in [6.07, 6.45) is 8.59. The molecule has 3 N–H and O–H groups in total. The molecule has 0 amide bonds. The molecular weight excluding hydrogens is 332 g/mol. The Morgan fingerprint density at radius 3 is 2.58 bits per heavy atom. The molecule has 0 saturated heterocycles. The van der Waals surface area contributed by atoms with Gasteiger partial charge in [-0.1, -0.05) is 18.6 Å². The molecule has 3 fully saturated rings. The van der Waals surface area contributed by atoms with Crippen LogP contribution in [0.15, 0.2) is 23.8 Å². The van der Waals surface area contributed by atoms with Crippen LogP contribution in [0, 0.1) is 22.7 Å². The maximum absolute atomic E-state index is 12.3. The lowest BCUT2D eigenvalue weighted by Gasteiger charge is -2.62. The lowest BCUT2D eigenvalue weighted by Crippen LogP contribution is -2.65. The maximum atomic E-state index is 12.3. The van der Waals surface area contributed by atoms with E-state index in [1.54, 1.807) is 12.2 Å². The van der Waals surface area contributed by atoms with Crippen LogP contribution < -0.4 is 0 Å². The molecule has 0 radical (unpaired) electrons. The summed E-state index contributed by atoms with van der Waals surface area (Å²) in [5, 5.41) is 32.4. The molecular formula is C21H28O5. The Labute approximate surface area is 153 Å². The van der Waals surface area contributed by atoms with Crippen molar-refractivity contribution in [2.45, 2.75) is 63.6 Å². The van der Waals surface area contributed by atoms with Gasteiger partial charge in [0.2, 0.25) is 0 Å². The summed E-state index contributed by atoms with van der Waals surface area (Å²) in [6.45, 7) is 3.31. The maximum Gasteiger partial charge on any atom is 0.190 e. The Hall–Kier alpha value is -1.30. The highest BCUT2D eigenvalue weighted by Crippen LogP contribution is 2.68. The van der Waals surface area contributed by atoms with Crippen LogP contribution in [0.2, 0.25) is 0 Å². The molecule has 0 aromatic heterocycles. The quantitative estimate of drug-likeness (QED) is 0.697. The molecule has 4 aliphatic rings. The summed E-state index contributed by atoms with van der Waals surface area (Å²) in [6, 6.07) is 0. The van der Waals surface area contributed by atoms with Crippen LogP contribution >= 0.6 is 0 Å². The third-order valence-corrected chi connectivity index (χ3v) is 8.50. The van der Waals surface area contributed by atoms with E-state index < -0.39 is 34.4 Å². The van der Waals surface area contributed by atoms with E-state index in [1.165, 1.54) is 0 Å². The number of carbonyl (C=O) groups is 2. The van der Waals surface area contributed by atoms with Crippen molar-refractivity contribution in [1.82, 2.24) is 0 Å². The van der Waals surface area contributed by atoms with Crippen molar-refractivity contribution >= 4 is 11.6 Å². The first-order valence-corrected chi connectivity index (χ1v) is 9.65. The first-order chi connectivity index (χ1) is 12.1. The summed E-state index contributed by atoms with van der Waals surface area (Å²) in [7, 11) is 0. The lowest BCUT2D eigenvalue weighted by atomic mass is 9.45. The Bertz CT molecular complexity index is 739. The van der Waals surface area contributed by atoms with Gasteiger partial charge >= 0.3 is 0 Å². The van der Waals surface area contributed by atoms with Gasteiger partial charge in [-0.25, -0.2) is 0 Å². The molecule has 0 aromatic rings. The van der Waals surface area contributed by atoms with E-state index in [9.17, 15) is 24.9 Å². The number of allylic oxidation sites excluding steroid dienone is 2. The topological polar surface area (TPSA) is 94.8 Å². The molecule has 0 spiro atoms. The average Bonchev–Trinajstić information content (AvgIpc) is 2.88. The van der Waals surface area contributed by atoms with Crippen LogP contribution in [0.5, 0.6) is 0 Å². The smallest absolute Gasteiger partial charge is 0.190 e. The number of carbonyl (C=O) groups excluding carboxylic acids is 2. The van der Waals surface area contributed by atoms with Crippen molar-refractivity contribution in [3.8, 4) is 0 Å². The van der Waals surface area contributed by atoms with Gasteiger partial charge in [0.05, 0.1) is 5.60 Å². The van der Waals surface area contributed by atoms with E-state index in [2.05, 4.69) is 0 Å². The van der Waals surface area contributed by atoms with E-state index >= 15 is 0 Å². The van der Waals surface area contributed by atoms with Gasteiger partial charge in [0.1, 0.15) is 12.2 Å². The molecule has 4 aliphatic carbocycles. The minimum Gasteiger partial charge on any atom is -0.388 e. The van der Waals surface area contributed by atoms with Crippen molar-refractivity contribution in [2.75, 3.05) is 6.61 Å². The molecule has 0 bridgehead atoms. The second-order valence-corrected chi connectivity index (χ2v) is 9.18. The van der Waals surface area contributed by atoms with Gasteiger partial charge < -0.3 is 15.3 Å². The van der Waals surface area contributed by atoms with Crippen LogP contribution in [-0.4, -0.2) is 44.7 Å². The highest BCUT2D eigenvalue weighted by atomic mass is 16.3. The highest BCUT2D eigenvalue weighted by Gasteiger charge is 2.70. The second-order valence-electron chi connectivity index (χ2n) is 9.18. The minimum absolute atomic E-state index is 0.0196. The first kappa shape index (κ1) is 18.1. The van der Waals surface area contributed by atoms with E-state index in [1.807, 2.05) is 19.9 Å². The summed E-state index contributed by atoms with van der Waals surface area (Å²) >= 11 is 0. The van der Waals surface area contributed by atoms with Gasteiger partial charge in [-0.05, 0) is 69.4 Å². The van der Waals surface area contributed by atoms with Crippen molar-refractivity contribution in [3.63, 3.8) is 0 Å². The second kappa shape index (κ2) is 5.37. The third kappa shape index (κ3) is 1.92. The molecule has 26 heavy (non-hydrogen) atoms. The number of rotatable bonds is 2. The summed E-state index contributed by atoms with van der Waals surface area (Å²) in [5.74, 6) is -0.546. The van der Waals surface area contributed by atoms with E-state index in [-0.39, 0.29) is 17.6 Å². The molecule has 0 heterocycles. The number of Topliss-reactive ketones (excluding diaryl/α,β-unsaturated/α-hetero) is 1. The zero-order chi connectivity index (χ0) is 19.0. The molecule has 0 aliphatic heterocycles. The number of hydrogen-bond donors (Lipinski definition) is 3. The number of fused-ring (bicyclic) bond motifs is 5. The summed E-state index contributed by atoms with van der Waals surface area (Å²) < 4.78 is 0. The predicted octanol–water partition coefficient (Wildman–Crippen LogP) is 1.70. The van der Waals surface area contributed by atoms with Gasteiger partial charge in [-0.3, -0.25) is 9.59 Å². The molecule has 3 saturated carbocycles. The van der Waals surface area contributed by atoms with Gasteiger partial charge in [0.15, 0.2) is 11.6 Å². The Balaban J connectivity index is 1.75. The van der Waals surface area contributed by atoms with Crippen LogP contribution in [0.1, 0.15) is 52.4 Å². The van der Waals surface area contributed by atoms with Crippen LogP contribution in [0.4, 0.5) is 0 Å². The number of hydrogen-bond acceptors (Lipinski definition) is 5. The van der Waals surface area contributed by atoms with Crippen molar-refractivity contribution in [2.24, 2.45) is 22.7 Å². The largest absolute Gasteiger partial charge is 0.388 e. The standard InChI is InChI=1S/C21H28O5/c1-18-7-5-14(23)11-13(18)3-4-16-15-6-8-21(26,17(24)12-22)19(15,2)9-10-20(16,18)25/h5,7,11,15-16,22,25-26H,3-4,6,8-10,12H2,1-2H3/t15-,16-,18-,19-,20+,21-/m0/s1. The first-order valence-electron chi connectivity index (χ1n) is 9.65. The van der Waals surface area contributed by atoms with Crippen LogP contribution in [-0.2, 0) is 9.59 Å². The molecule has 142 valence electrons. The van der Waals surface area contributed by atoms with Crippen LogP contribution in [0.25, 0.3) is 0 Å². The molecule has 5 nitrogen and oxygen atoms in total. The highest BCUT2D eigenvalue weighted by molar-refractivity contribution is 6.01. The summed E-state index contributed by atoms with van der Waals surface area (Å²) in [5.41, 5.74) is -2.70. The Morgan fingerprint density at radius 2 is 1.88 bits per heavy atom. The zero-order valence-corrected chi connectivity index (χ0v) is 15.5.